The number of benzene rings is 4. The van der Waals surface area contributed by atoms with Crippen LogP contribution in [0.4, 0.5) is 11.4 Å². The lowest BCUT2D eigenvalue weighted by molar-refractivity contribution is 0.0224. The highest BCUT2D eigenvalue weighted by molar-refractivity contribution is 7.48. The van der Waals surface area contributed by atoms with Crippen LogP contribution in [0.15, 0.2) is 94.1 Å². The summed E-state index contributed by atoms with van der Waals surface area (Å²) in [6.45, 7) is 11.1. The summed E-state index contributed by atoms with van der Waals surface area (Å²) in [5, 5.41) is 0.683. The van der Waals surface area contributed by atoms with Gasteiger partial charge in [0.05, 0.1) is 18.8 Å². The Balaban J connectivity index is 1.07. The lowest BCUT2D eigenvalue weighted by Gasteiger charge is -2.39. The predicted molar refractivity (Wildman–Crippen MR) is 210 cm³/mol. The first-order valence-electron chi connectivity index (χ1n) is 18.9. The predicted octanol–water partition coefficient (Wildman–Crippen LogP) is 7.73. The van der Waals surface area contributed by atoms with Gasteiger partial charge < -0.3 is 33.1 Å². The van der Waals surface area contributed by atoms with Crippen LogP contribution in [0.5, 0.6) is 17.2 Å². The van der Waals surface area contributed by atoms with Crippen LogP contribution in [0.25, 0.3) is 11.0 Å². The first-order chi connectivity index (χ1) is 27.1. The summed E-state index contributed by atoms with van der Waals surface area (Å²) in [4.78, 5) is 46.1. The van der Waals surface area contributed by atoms with E-state index in [1.807, 2.05) is 48.5 Å². The Kier molecular flexibility index (Phi) is 9.86. The zero-order valence-electron chi connectivity index (χ0n) is 31.6. The molecule has 1 spiro atoms. The van der Waals surface area contributed by atoms with E-state index in [0.717, 1.165) is 24.5 Å². The van der Waals surface area contributed by atoms with Gasteiger partial charge in [-0.05, 0) is 76.2 Å². The Bertz CT molecular complexity index is 2450. The summed E-state index contributed by atoms with van der Waals surface area (Å²) in [6.07, 6.45) is 0. The number of esters is 1. The molecule has 0 radical (unpaired) electrons. The fourth-order valence-electron chi connectivity index (χ4n) is 7.81. The van der Waals surface area contributed by atoms with E-state index < -0.39 is 25.0 Å². The summed E-state index contributed by atoms with van der Waals surface area (Å²) in [7, 11) is -3.92. The molecule has 3 aliphatic rings. The normalized spacial score (nSPS) is 17.2. The summed E-state index contributed by atoms with van der Waals surface area (Å²) in [5.74, 6) is 0.132. The van der Waals surface area contributed by atoms with Crippen LogP contribution in [0.1, 0.15) is 65.1 Å². The highest BCUT2D eigenvalue weighted by Gasteiger charge is 2.53. The van der Waals surface area contributed by atoms with E-state index in [0.29, 0.717) is 70.9 Å². The minimum absolute atomic E-state index is 0.00120. The molecule has 4 aromatic carbocycles. The van der Waals surface area contributed by atoms with Gasteiger partial charge in [-0.25, -0.2) is 14.2 Å². The molecular formula is C42H42N3O10P. The van der Waals surface area contributed by atoms with Gasteiger partial charge in [0, 0.05) is 90.9 Å². The number of piperazine rings is 1. The fourth-order valence-corrected chi connectivity index (χ4v) is 8.99. The number of carbonyl (C=O) groups is 2. The fraction of sp³-hybridized carbons (Fsp3) is 0.310. The molecule has 1 fully saturated rings. The van der Waals surface area contributed by atoms with Crippen molar-refractivity contribution in [3.8, 4) is 17.2 Å². The van der Waals surface area contributed by atoms with Gasteiger partial charge in [-0.1, -0.05) is 18.2 Å². The maximum atomic E-state index is 13.7. The van der Waals surface area contributed by atoms with Crippen molar-refractivity contribution in [1.29, 1.82) is 0 Å². The number of ether oxygens (including phenoxy) is 2. The minimum Gasteiger partial charge on any atom is -0.456 e. The maximum absolute atomic E-state index is 13.7. The number of hydrogen-bond acceptors (Lipinski definition) is 12. The molecule has 13 nitrogen and oxygen atoms in total. The van der Waals surface area contributed by atoms with E-state index in [1.54, 1.807) is 55.1 Å². The van der Waals surface area contributed by atoms with Gasteiger partial charge in [0.2, 0.25) is 0 Å². The van der Waals surface area contributed by atoms with Gasteiger partial charge in [0.25, 0.3) is 5.91 Å². The van der Waals surface area contributed by atoms with Gasteiger partial charge in [0.15, 0.2) is 5.60 Å². The number of carbonyl (C=O) groups excluding carboxylic acids is 2. The van der Waals surface area contributed by atoms with E-state index >= 15 is 0 Å². The van der Waals surface area contributed by atoms with Gasteiger partial charge in [-0.2, -0.15) is 0 Å². The third-order valence-corrected chi connectivity index (χ3v) is 12.1. The lowest BCUT2D eigenvalue weighted by Crippen LogP contribution is -2.49. The summed E-state index contributed by atoms with van der Waals surface area (Å²) in [6, 6.07) is 25.2. The maximum Gasteiger partial charge on any atom is 0.530 e. The van der Waals surface area contributed by atoms with Crippen LogP contribution in [0.3, 0.4) is 0 Å². The molecule has 5 aromatic rings. The van der Waals surface area contributed by atoms with Crippen molar-refractivity contribution < 1.29 is 41.6 Å². The molecule has 14 heteroatoms. The molecule has 1 saturated heterocycles. The topological polar surface area (TPSA) is 137 Å². The van der Waals surface area contributed by atoms with E-state index in [9.17, 15) is 18.9 Å². The lowest BCUT2D eigenvalue weighted by atomic mass is 9.77. The Hall–Kier alpha value is -5.62. The molecule has 290 valence electrons. The second-order valence-electron chi connectivity index (χ2n) is 13.6. The number of anilines is 2. The number of hydrogen-bond donors (Lipinski definition) is 0. The largest absolute Gasteiger partial charge is 0.530 e. The van der Waals surface area contributed by atoms with Gasteiger partial charge in [-0.15, -0.1) is 0 Å². The molecule has 56 heavy (non-hydrogen) atoms. The molecule has 1 unspecified atom stereocenters. The second-order valence-corrected chi connectivity index (χ2v) is 15.1. The van der Waals surface area contributed by atoms with E-state index in [4.69, 9.17) is 27.5 Å². The summed E-state index contributed by atoms with van der Waals surface area (Å²) >= 11 is 0. The molecule has 0 bridgehead atoms. The van der Waals surface area contributed by atoms with Crippen LogP contribution < -0.4 is 24.7 Å². The van der Waals surface area contributed by atoms with Crippen molar-refractivity contribution in [3.05, 3.63) is 123 Å². The molecule has 8 rings (SSSR count). The van der Waals surface area contributed by atoms with Crippen molar-refractivity contribution in [3.63, 3.8) is 0 Å². The van der Waals surface area contributed by atoms with Crippen molar-refractivity contribution in [2.75, 3.05) is 62.3 Å². The quantitative estimate of drug-likeness (QED) is 0.0737. The first kappa shape index (κ1) is 37.3. The number of phosphoric acid groups is 1. The summed E-state index contributed by atoms with van der Waals surface area (Å²) < 4.78 is 48.2. The Morgan fingerprint density at radius 2 is 1.50 bits per heavy atom. The zero-order valence-corrected chi connectivity index (χ0v) is 32.5. The van der Waals surface area contributed by atoms with Crippen LogP contribution in [-0.4, -0.2) is 69.3 Å². The van der Waals surface area contributed by atoms with Crippen LogP contribution in [-0.2, 0) is 24.0 Å². The standard InChI is InChI=1S/C42H42N3O10P/c1-5-43(6-2)28-14-13-27-23-32(40(47)53-36(27)24-28)39(46)45-21-19-44(20-22-45)29-15-17-34-37(25-29)52-38-26-30(55-56(49,50-7-3)51-8-4)16-18-35(38)42(34)33-12-10-9-11-31(33)41(48)54-42/h9-18,23-26H,5-8,19-22H2,1-4H3. The van der Waals surface area contributed by atoms with Crippen LogP contribution in [0.2, 0.25) is 0 Å². The third-order valence-electron chi connectivity index (χ3n) is 10.5. The van der Waals surface area contributed by atoms with Crippen molar-refractivity contribution in [1.82, 2.24) is 4.90 Å². The van der Waals surface area contributed by atoms with Crippen LogP contribution in [0, 0.1) is 0 Å². The minimum atomic E-state index is -3.92. The summed E-state index contributed by atoms with van der Waals surface area (Å²) in [5.41, 5.74) is 2.55. The average molecular weight is 780 g/mol. The van der Waals surface area contributed by atoms with E-state index in [1.165, 1.54) is 0 Å². The molecular weight excluding hydrogens is 737 g/mol. The number of rotatable bonds is 11. The molecule has 1 amide bonds. The smallest absolute Gasteiger partial charge is 0.456 e. The molecule has 3 aliphatic heterocycles. The first-order valence-corrected chi connectivity index (χ1v) is 20.3. The SMILES string of the molecule is CCOP(=O)(OCC)Oc1ccc2c(c1)Oc1cc(N3CCN(C(=O)c4cc5ccc(N(CC)CC)cc5oc4=O)CC3)ccc1C21OC(=O)c2ccccc21. The molecule has 0 N–H and O–H groups in total. The molecule has 4 heterocycles. The van der Waals surface area contributed by atoms with E-state index in [2.05, 4.69) is 23.6 Å². The Morgan fingerprint density at radius 1 is 0.804 bits per heavy atom. The molecule has 1 atom stereocenters. The number of fused-ring (bicyclic) bond motifs is 7. The number of amides is 1. The Labute approximate surface area is 323 Å². The molecule has 0 saturated carbocycles. The number of nitrogens with zero attached hydrogens (tertiary/aromatic N) is 3. The third kappa shape index (κ3) is 6.39. The monoisotopic (exact) mass is 779 g/mol. The highest BCUT2D eigenvalue weighted by atomic mass is 31.2. The average Bonchev–Trinajstić information content (AvgIpc) is 3.49. The van der Waals surface area contributed by atoms with Gasteiger partial charge >= 0.3 is 19.4 Å². The van der Waals surface area contributed by atoms with Crippen molar-refractivity contribution in [2.24, 2.45) is 0 Å². The number of phosphoric ester groups is 1. The van der Waals surface area contributed by atoms with E-state index in [-0.39, 0.29) is 30.4 Å². The van der Waals surface area contributed by atoms with Crippen molar-refractivity contribution in [2.45, 2.75) is 33.3 Å². The second kappa shape index (κ2) is 14.8. The highest BCUT2D eigenvalue weighted by Crippen LogP contribution is 2.58. The van der Waals surface area contributed by atoms with Crippen LogP contribution >= 0.6 is 7.82 Å². The molecule has 0 aliphatic carbocycles. The van der Waals surface area contributed by atoms with Gasteiger partial charge in [-0.3, -0.25) is 13.8 Å². The molecule has 1 aromatic heterocycles. The Morgan fingerprint density at radius 3 is 2.21 bits per heavy atom. The van der Waals surface area contributed by atoms with Crippen molar-refractivity contribution >= 4 is 42.0 Å². The van der Waals surface area contributed by atoms with Gasteiger partial charge in [0.1, 0.15) is 28.4 Å². The zero-order chi connectivity index (χ0) is 39.2.